The maximum absolute atomic E-state index is 11.8. The van der Waals surface area contributed by atoms with Crippen LogP contribution in [-0.4, -0.2) is 28.0 Å². The molecule has 1 amide bonds. The van der Waals surface area contributed by atoms with Crippen molar-refractivity contribution >= 4 is 22.8 Å². The summed E-state index contributed by atoms with van der Waals surface area (Å²) in [5.41, 5.74) is 2.08. The normalized spacial score (nSPS) is 12.0. The number of aromatic nitrogens is 1. The summed E-state index contributed by atoms with van der Waals surface area (Å²) in [5.74, 6) is -1.31. The van der Waals surface area contributed by atoms with Crippen molar-refractivity contribution in [3.05, 3.63) is 48.7 Å². The number of H-pyrrole nitrogens is 1. The van der Waals surface area contributed by atoms with Crippen molar-refractivity contribution in [1.29, 1.82) is 0 Å². The minimum absolute atomic E-state index is 0.216. The van der Waals surface area contributed by atoms with E-state index in [4.69, 9.17) is 5.11 Å². The Morgan fingerprint density at radius 2 is 2.14 bits per heavy atom. The second kappa shape index (κ2) is 6.74. The van der Waals surface area contributed by atoms with Crippen molar-refractivity contribution in [3.8, 4) is 0 Å². The minimum Gasteiger partial charge on any atom is -0.480 e. The van der Waals surface area contributed by atoms with Gasteiger partial charge in [-0.05, 0) is 24.5 Å². The number of carbonyl (C=O) groups excluding carboxylic acids is 1. The molecule has 0 fully saturated rings. The number of nitrogens with one attached hydrogen (secondary N) is 2. The Morgan fingerprint density at radius 3 is 2.86 bits per heavy atom. The van der Waals surface area contributed by atoms with Gasteiger partial charge in [-0.1, -0.05) is 24.3 Å². The van der Waals surface area contributed by atoms with Crippen LogP contribution >= 0.6 is 0 Å². The van der Waals surface area contributed by atoms with Crippen LogP contribution in [-0.2, 0) is 16.0 Å². The Bertz CT molecular complexity index is 660. The first kappa shape index (κ1) is 14.8. The molecule has 0 bridgehead atoms. The maximum atomic E-state index is 11.8. The molecule has 5 nitrogen and oxygen atoms in total. The number of aryl methyl sites for hydroxylation is 1. The Morgan fingerprint density at radius 1 is 1.38 bits per heavy atom. The predicted octanol–water partition coefficient (Wildman–Crippen LogP) is 2.25. The van der Waals surface area contributed by atoms with Crippen LogP contribution in [0.3, 0.4) is 0 Å². The molecule has 1 atom stereocenters. The lowest BCUT2D eigenvalue weighted by Crippen LogP contribution is -2.40. The number of benzene rings is 1. The molecule has 0 aliphatic heterocycles. The van der Waals surface area contributed by atoms with Gasteiger partial charge < -0.3 is 15.4 Å². The first-order valence-electron chi connectivity index (χ1n) is 6.80. The Balaban J connectivity index is 1.94. The largest absolute Gasteiger partial charge is 0.480 e. The second-order valence-electron chi connectivity index (χ2n) is 4.84. The topological polar surface area (TPSA) is 82.2 Å². The van der Waals surface area contributed by atoms with Crippen LogP contribution in [0.15, 0.2) is 43.1 Å². The lowest BCUT2D eigenvalue weighted by molar-refractivity contribution is -0.141. The molecule has 2 aromatic rings. The van der Waals surface area contributed by atoms with Crippen LogP contribution in [0.1, 0.15) is 18.4 Å². The highest BCUT2D eigenvalue weighted by molar-refractivity contribution is 5.86. The molecule has 3 N–H and O–H groups in total. The summed E-state index contributed by atoms with van der Waals surface area (Å²) in [7, 11) is 0. The third kappa shape index (κ3) is 3.72. The number of aliphatic carboxylic acids is 1. The molecular weight excluding hydrogens is 268 g/mol. The van der Waals surface area contributed by atoms with Crippen molar-refractivity contribution in [2.45, 2.75) is 25.3 Å². The Labute approximate surface area is 122 Å². The summed E-state index contributed by atoms with van der Waals surface area (Å²) in [6.45, 7) is 3.49. The predicted molar refractivity (Wildman–Crippen MR) is 81.0 cm³/mol. The fourth-order valence-electron chi connectivity index (χ4n) is 2.24. The minimum atomic E-state index is -1.05. The van der Waals surface area contributed by atoms with Gasteiger partial charge in [0.25, 0.3) is 0 Å². The molecular formula is C16H18N2O3. The smallest absolute Gasteiger partial charge is 0.326 e. The number of aromatic amines is 1. The van der Waals surface area contributed by atoms with E-state index in [1.165, 1.54) is 6.08 Å². The van der Waals surface area contributed by atoms with Crippen LogP contribution in [0, 0.1) is 0 Å². The number of carboxylic acid groups (broad SMARTS) is 1. The first-order chi connectivity index (χ1) is 10.1. The molecule has 0 radical (unpaired) electrons. The van der Waals surface area contributed by atoms with Crippen molar-refractivity contribution in [2.24, 2.45) is 0 Å². The van der Waals surface area contributed by atoms with E-state index in [-0.39, 0.29) is 18.7 Å². The molecule has 5 heteroatoms. The van der Waals surface area contributed by atoms with Crippen LogP contribution in [0.2, 0.25) is 0 Å². The first-order valence-corrected chi connectivity index (χ1v) is 6.80. The molecule has 21 heavy (non-hydrogen) atoms. The number of hydrogen-bond acceptors (Lipinski definition) is 2. The summed E-state index contributed by atoms with van der Waals surface area (Å²) in [5, 5.41) is 12.6. The quantitative estimate of drug-likeness (QED) is 0.683. The summed E-state index contributed by atoms with van der Waals surface area (Å²) in [6, 6.07) is 6.96. The molecule has 1 heterocycles. The number of carbonyl (C=O) groups is 2. The highest BCUT2D eigenvalue weighted by Gasteiger charge is 2.18. The summed E-state index contributed by atoms with van der Waals surface area (Å²) >= 11 is 0. The van der Waals surface area contributed by atoms with Gasteiger partial charge in [0.15, 0.2) is 0 Å². The van der Waals surface area contributed by atoms with Gasteiger partial charge in [-0.25, -0.2) is 4.79 Å². The number of carboxylic acids is 1. The standard InChI is InChI=1S/C16H18N2O3/c1-2-5-14(16(20)21)18-15(19)9-8-11-10-17-13-7-4-3-6-12(11)13/h2-4,6-7,10,14,17H,1,5,8-9H2,(H,18,19)(H,20,21). The van der Waals surface area contributed by atoms with Crippen LogP contribution in [0.25, 0.3) is 10.9 Å². The van der Waals surface area contributed by atoms with E-state index in [9.17, 15) is 9.59 Å². The zero-order valence-electron chi connectivity index (χ0n) is 11.6. The molecule has 1 unspecified atom stereocenters. The van der Waals surface area contributed by atoms with E-state index in [1.807, 2.05) is 30.5 Å². The fourth-order valence-corrected chi connectivity index (χ4v) is 2.24. The summed E-state index contributed by atoms with van der Waals surface area (Å²) in [6.07, 6.45) is 4.41. The number of fused-ring (bicyclic) bond motifs is 1. The lowest BCUT2D eigenvalue weighted by Gasteiger charge is -2.12. The molecule has 0 spiro atoms. The van der Waals surface area contributed by atoms with Gasteiger partial charge in [-0.2, -0.15) is 0 Å². The van der Waals surface area contributed by atoms with E-state index in [0.717, 1.165) is 16.5 Å². The number of hydrogen-bond donors (Lipinski definition) is 3. The maximum Gasteiger partial charge on any atom is 0.326 e. The molecule has 1 aromatic heterocycles. The van der Waals surface area contributed by atoms with Crippen molar-refractivity contribution < 1.29 is 14.7 Å². The van der Waals surface area contributed by atoms with Gasteiger partial charge in [0.2, 0.25) is 5.91 Å². The zero-order chi connectivity index (χ0) is 15.2. The lowest BCUT2D eigenvalue weighted by atomic mass is 10.1. The van der Waals surface area contributed by atoms with Crippen LogP contribution in [0.4, 0.5) is 0 Å². The monoisotopic (exact) mass is 286 g/mol. The van der Waals surface area contributed by atoms with E-state index in [0.29, 0.717) is 6.42 Å². The zero-order valence-corrected chi connectivity index (χ0v) is 11.6. The average Bonchev–Trinajstić information content (AvgIpc) is 2.88. The third-order valence-electron chi connectivity index (χ3n) is 3.33. The molecule has 0 aliphatic carbocycles. The molecule has 2 rings (SSSR count). The second-order valence-corrected chi connectivity index (χ2v) is 4.84. The molecule has 110 valence electrons. The SMILES string of the molecule is C=CCC(NC(=O)CCc1c[nH]c2ccccc12)C(=O)O. The van der Waals surface area contributed by atoms with E-state index < -0.39 is 12.0 Å². The number of para-hydroxylation sites is 1. The highest BCUT2D eigenvalue weighted by Crippen LogP contribution is 2.18. The van der Waals surface area contributed by atoms with Crippen LogP contribution in [0.5, 0.6) is 0 Å². The number of rotatable bonds is 7. The molecule has 0 saturated carbocycles. The van der Waals surface area contributed by atoms with E-state index >= 15 is 0 Å². The summed E-state index contributed by atoms with van der Waals surface area (Å²) in [4.78, 5) is 26.0. The van der Waals surface area contributed by atoms with Gasteiger partial charge >= 0.3 is 5.97 Å². The van der Waals surface area contributed by atoms with Gasteiger partial charge in [0, 0.05) is 23.5 Å². The van der Waals surface area contributed by atoms with Gasteiger partial charge in [0.05, 0.1) is 0 Å². The molecule has 0 aliphatic rings. The Hall–Kier alpha value is -2.56. The van der Waals surface area contributed by atoms with Crippen molar-refractivity contribution in [2.75, 3.05) is 0 Å². The number of amides is 1. The molecule has 1 aromatic carbocycles. The van der Waals surface area contributed by atoms with Crippen molar-refractivity contribution in [3.63, 3.8) is 0 Å². The average molecular weight is 286 g/mol. The highest BCUT2D eigenvalue weighted by atomic mass is 16.4. The van der Waals surface area contributed by atoms with Crippen LogP contribution < -0.4 is 5.32 Å². The van der Waals surface area contributed by atoms with Gasteiger partial charge in [0.1, 0.15) is 6.04 Å². The third-order valence-corrected chi connectivity index (χ3v) is 3.33. The van der Waals surface area contributed by atoms with Crippen molar-refractivity contribution in [1.82, 2.24) is 10.3 Å². The fraction of sp³-hybridized carbons (Fsp3) is 0.250. The Kier molecular flexibility index (Phi) is 4.77. The summed E-state index contributed by atoms with van der Waals surface area (Å²) < 4.78 is 0. The van der Waals surface area contributed by atoms with Gasteiger partial charge in [-0.15, -0.1) is 6.58 Å². The molecule has 0 saturated heterocycles. The van der Waals surface area contributed by atoms with E-state index in [1.54, 1.807) is 0 Å². The van der Waals surface area contributed by atoms with Gasteiger partial charge in [-0.3, -0.25) is 4.79 Å². The van der Waals surface area contributed by atoms with E-state index in [2.05, 4.69) is 16.9 Å².